The van der Waals surface area contributed by atoms with Gasteiger partial charge in [0.2, 0.25) is 0 Å². The van der Waals surface area contributed by atoms with Crippen molar-refractivity contribution in [3.8, 4) is 0 Å². The Kier molecular flexibility index (Phi) is 7.55. The molecule has 0 saturated heterocycles. The van der Waals surface area contributed by atoms with Crippen LogP contribution in [0, 0.1) is 15.9 Å². The molecule has 0 saturated carbocycles. The number of benzene rings is 3. The molecule has 3 aromatic rings. The number of allylic oxidation sites excluding steroid dienone is 1. The average molecular weight is 516 g/mol. The van der Waals surface area contributed by atoms with Gasteiger partial charge in [0, 0.05) is 15.8 Å². The van der Waals surface area contributed by atoms with E-state index < -0.39 is 28.2 Å². The summed E-state index contributed by atoms with van der Waals surface area (Å²) in [6, 6.07) is 16.0. The summed E-state index contributed by atoms with van der Waals surface area (Å²) in [5, 5.41) is 20.4. The second kappa shape index (κ2) is 10.3. The molecular weight excluding hydrogens is 501 g/mol. The van der Waals surface area contributed by atoms with E-state index in [4.69, 9.17) is 5.11 Å². The fraction of sp³-hybridized carbons (Fsp3) is 0.0435. The van der Waals surface area contributed by atoms with E-state index in [0.717, 1.165) is 22.2 Å². The lowest BCUT2D eigenvalue weighted by atomic mass is 10.1. The summed E-state index contributed by atoms with van der Waals surface area (Å²) in [6.45, 7) is 0. The van der Waals surface area contributed by atoms with Gasteiger partial charge in [-0.1, -0.05) is 40.2 Å². The number of rotatable bonds is 8. The van der Waals surface area contributed by atoms with Crippen molar-refractivity contribution in [1.29, 1.82) is 0 Å². The molecule has 0 spiro atoms. The number of nitro groups is 1. The highest BCUT2D eigenvalue weighted by molar-refractivity contribution is 9.10. The predicted molar refractivity (Wildman–Crippen MR) is 124 cm³/mol. The number of nitro benzene ring substituents is 1. The molecule has 3 aromatic carbocycles. The van der Waals surface area contributed by atoms with Crippen LogP contribution in [0.25, 0.3) is 6.08 Å². The van der Waals surface area contributed by atoms with Crippen LogP contribution in [-0.2, 0) is 5.75 Å². The van der Waals surface area contributed by atoms with Gasteiger partial charge in [-0.25, -0.2) is 9.18 Å². The Bertz CT molecular complexity index is 1210. The van der Waals surface area contributed by atoms with Crippen LogP contribution >= 0.6 is 27.7 Å². The molecule has 0 aliphatic carbocycles. The summed E-state index contributed by atoms with van der Waals surface area (Å²) < 4.78 is 14.4. The highest BCUT2D eigenvalue weighted by atomic mass is 79.9. The number of hydrogen-bond donors (Lipinski definition) is 1. The van der Waals surface area contributed by atoms with E-state index in [9.17, 15) is 24.1 Å². The van der Waals surface area contributed by atoms with Gasteiger partial charge in [0.15, 0.2) is 5.78 Å². The first kappa shape index (κ1) is 23.4. The number of carbonyl (C=O) groups is 2. The normalized spacial score (nSPS) is 11.2. The first-order chi connectivity index (χ1) is 15.2. The standard InChI is InChI=1S/C23H15BrFNO5S/c24-18-8-1-14(2-9-18)13-32-21(11-17-7-10-19(25)12-20(17)26(30)31)22(27)15-3-5-16(6-4-15)23(28)29/h1-12H,13H2,(H,28,29)/b21-11+. The van der Waals surface area contributed by atoms with Gasteiger partial charge in [-0.3, -0.25) is 14.9 Å². The molecule has 6 nitrogen and oxygen atoms in total. The van der Waals surface area contributed by atoms with Gasteiger partial charge < -0.3 is 5.11 Å². The fourth-order valence-electron chi connectivity index (χ4n) is 2.76. The van der Waals surface area contributed by atoms with Crippen LogP contribution in [0.5, 0.6) is 0 Å². The van der Waals surface area contributed by atoms with Gasteiger partial charge >= 0.3 is 5.97 Å². The number of aromatic carboxylic acids is 1. The molecule has 0 aromatic heterocycles. The minimum atomic E-state index is -1.12. The topological polar surface area (TPSA) is 97.5 Å². The van der Waals surface area contributed by atoms with Crippen LogP contribution in [0.4, 0.5) is 10.1 Å². The summed E-state index contributed by atoms with van der Waals surface area (Å²) in [5.74, 6) is -1.89. The average Bonchev–Trinajstić information content (AvgIpc) is 2.78. The maximum atomic E-state index is 13.5. The molecule has 3 rings (SSSR count). The molecule has 162 valence electrons. The van der Waals surface area contributed by atoms with Crippen molar-refractivity contribution in [3.63, 3.8) is 0 Å². The molecule has 0 fully saturated rings. The summed E-state index contributed by atoms with van der Waals surface area (Å²) >= 11 is 4.54. The lowest BCUT2D eigenvalue weighted by Gasteiger charge is -2.09. The van der Waals surface area contributed by atoms with E-state index >= 15 is 0 Å². The third-order valence-corrected chi connectivity index (χ3v) is 6.02. The number of carbonyl (C=O) groups excluding carboxylic acids is 1. The summed E-state index contributed by atoms with van der Waals surface area (Å²) in [5.41, 5.74) is 0.816. The van der Waals surface area contributed by atoms with Crippen molar-refractivity contribution in [3.05, 3.63) is 114 Å². The number of carboxylic acids is 1. The van der Waals surface area contributed by atoms with Crippen molar-refractivity contribution < 1.29 is 24.0 Å². The van der Waals surface area contributed by atoms with Crippen molar-refractivity contribution in [2.75, 3.05) is 0 Å². The Hall–Kier alpha value is -3.30. The lowest BCUT2D eigenvalue weighted by Crippen LogP contribution is -2.04. The number of carboxylic acid groups (broad SMARTS) is 1. The van der Waals surface area contributed by atoms with Gasteiger partial charge in [0.05, 0.1) is 27.0 Å². The smallest absolute Gasteiger partial charge is 0.335 e. The summed E-state index contributed by atoms with van der Waals surface area (Å²) in [7, 11) is 0. The predicted octanol–water partition coefficient (Wildman–Crippen LogP) is 6.35. The molecule has 9 heteroatoms. The highest BCUT2D eigenvalue weighted by Crippen LogP contribution is 2.31. The monoisotopic (exact) mass is 515 g/mol. The van der Waals surface area contributed by atoms with Crippen molar-refractivity contribution >= 4 is 51.2 Å². The van der Waals surface area contributed by atoms with E-state index in [1.165, 1.54) is 48.2 Å². The van der Waals surface area contributed by atoms with E-state index in [1.807, 2.05) is 24.3 Å². The van der Waals surface area contributed by atoms with E-state index in [0.29, 0.717) is 5.75 Å². The molecule has 0 aliphatic rings. The molecule has 1 N–H and O–H groups in total. The van der Waals surface area contributed by atoms with Gasteiger partial charge in [-0.2, -0.15) is 0 Å². The van der Waals surface area contributed by atoms with Crippen LogP contribution in [0.1, 0.15) is 31.8 Å². The van der Waals surface area contributed by atoms with Crippen molar-refractivity contribution in [1.82, 2.24) is 0 Å². The minimum absolute atomic E-state index is 0.0313. The van der Waals surface area contributed by atoms with E-state index in [1.54, 1.807) is 0 Å². The summed E-state index contributed by atoms with van der Waals surface area (Å²) in [6.07, 6.45) is 1.36. The molecule has 0 atom stereocenters. The molecule has 0 unspecified atom stereocenters. The maximum absolute atomic E-state index is 13.5. The Labute approximate surface area is 195 Å². The number of halogens is 2. The van der Waals surface area contributed by atoms with Crippen LogP contribution < -0.4 is 0 Å². The Morgan fingerprint density at radius 3 is 2.25 bits per heavy atom. The van der Waals surface area contributed by atoms with Gasteiger partial charge in [0.1, 0.15) is 5.82 Å². The van der Waals surface area contributed by atoms with Gasteiger partial charge in [0.25, 0.3) is 5.69 Å². The molecule has 0 bridgehead atoms. The Morgan fingerprint density at radius 2 is 1.66 bits per heavy atom. The van der Waals surface area contributed by atoms with Crippen molar-refractivity contribution in [2.45, 2.75) is 5.75 Å². The number of thioether (sulfide) groups is 1. The number of Topliss-reactive ketones (excluding diaryl/α,β-unsaturated/α-hetero) is 1. The zero-order valence-electron chi connectivity index (χ0n) is 16.3. The number of ketones is 1. The third-order valence-electron chi connectivity index (χ3n) is 4.40. The summed E-state index contributed by atoms with van der Waals surface area (Å²) in [4.78, 5) is 35.1. The molecule has 0 amide bonds. The van der Waals surface area contributed by atoms with Crippen LogP contribution in [0.2, 0.25) is 0 Å². The minimum Gasteiger partial charge on any atom is -0.478 e. The van der Waals surface area contributed by atoms with E-state index in [2.05, 4.69) is 15.9 Å². The zero-order chi connectivity index (χ0) is 23.3. The second-order valence-corrected chi connectivity index (χ2v) is 8.53. The van der Waals surface area contributed by atoms with Gasteiger partial charge in [-0.05, 0) is 48.0 Å². The first-order valence-corrected chi connectivity index (χ1v) is 10.9. The van der Waals surface area contributed by atoms with Gasteiger partial charge in [-0.15, -0.1) is 11.8 Å². The molecule has 32 heavy (non-hydrogen) atoms. The molecule has 0 heterocycles. The molecule has 0 radical (unpaired) electrons. The quantitative estimate of drug-likeness (QED) is 0.162. The van der Waals surface area contributed by atoms with Crippen LogP contribution in [0.3, 0.4) is 0 Å². The fourth-order valence-corrected chi connectivity index (χ4v) is 4.00. The number of hydrogen-bond acceptors (Lipinski definition) is 5. The maximum Gasteiger partial charge on any atom is 0.335 e. The van der Waals surface area contributed by atoms with Crippen LogP contribution in [-0.4, -0.2) is 21.8 Å². The van der Waals surface area contributed by atoms with Crippen LogP contribution in [0.15, 0.2) is 76.1 Å². The highest BCUT2D eigenvalue weighted by Gasteiger charge is 2.19. The lowest BCUT2D eigenvalue weighted by molar-refractivity contribution is -0.385. The molecule has 0 aliphatic heterocycles. The number of nitrogens with zero attached hydrogens (tertiary/aromatic N) is 1. The second-order valence-electron chi connectivity index (χ2n) is 6.60. The SMILES string of the molecule is O=C(O)c1ccc(C(=O)/C(=C\c2ccc(F)cc2[N+](=O)[O-])SCc2ccc(Br)cc2)cc1. The first-order valence-electron chi connectivity index (χ1n) is 9.15. The Morgan fingerprint density at radius 1 is 1.03 bits per heavy atom. The zero-order valence-corrected chi connectivity index (χ0v) is 18.7. The van der Waals surface area contributed by atoms with Crippen molar-refractivity contribution in [2.24, 2.45) is 0 Å². The third kappa shape index (κ3) is 5.89. The Balaban J connectivity index is 1.99. The largest absolute Gasteiger partial charge is 0.478 e. The molecular formula is C23H15BrFNO5S. The van der Waals surface area contributed by atoms with E-state index in [-0.39, 0.29) is 21.6 Å².